The SMILES string of the molecule is CC(=O)N[C@@H](C=O)Cc1cccc2ccccc12. The van der Waals surface area contributed by atoms with E-state index in [2.05, 4.69) is 5.32 Å². The van der Waals surface area contributed by atoms with E-state index in [1.165, 1.54) is 6.92 Å². The Kier molecular flexibility index (Phi) is 3.72. The van der Waals surface area contributed by atoms with Crippen molar-refractivity contribution < 1.29 is 9.59 Å². The highest BCUT2D eigenvalue weighted by molar-refractivity contribution is 5.86. The van der Waals surface area contributed by atoms with Gasteiger partial charge in [0.2, 0.25) is 5.91 Å². The van der Waals surface area contributed by atoms with Crippen molar-refractivity contribution in [2.24, 2.45) is 0 Å². The van der Waals surface area contributed by atoms with E-state index in [1.54, 1.807) is 0 Å². The molecule has 0 heterocycles. The van der Waals surface area contributed by atoms with Crippen molar-refractivity contribution in [3.8, 4) is 0 Å². The second-order valence-electron chi connectivity index (χ2n) is 4.29. The summed E-state index contributed by atoms with van der Waals surface area (Å²) in [5, 5.41) is 4.90. The van der Waals surface area contributed by atoms with Gasteiger partial charge in [0.1, 0.15) is 6.29 Å². The summed E-state index contributed by atoms with van der Waals surface area (Å²) < 4.78 is 0. The lowest BCUT2D eigenvalue weighted by atomic mass is 9.99. The van der Waals surface area contributed by atoms with E-state index < -0.39 is 6.04 Å². The normalized spacial score (nSPS) is 12.1. The van der Waals surface area contributed by atoms with Crippen LogP contribution in [0.4, 0.5) is 0 Å². The minimum Gasteiger partial charge on any atom is -0.346 e. The van der Waals surface area contributed by atoms with Crippen LogP contribution in [-0.2, 0) is 16.0 Å². The number of hydrogen-bond donors (Lipinski definition) is 1. The Balaban J connectivity index is 2.30. The molecule has 3 nitrogen and oxygen atoms in total. The lowest BCUT2D eigenvalue weighted by Gasteiger charge is -2.13. The fraction of sp³-hybridized carbons (Fsp3) is 0.200. The Bertz CT molecular complexity index is 572. The van der Waals surface area contributed by atoms with Gasteiger partial charge in [-0.1, -0.05) is 42.5 Å². The molecule has 0 bridgehead atoms. The number of carbonyl (C=O) groups is 2. The van der Waals surface area contributed by atoms with Crippen LogP contribution in [0.5, 0.6) is 0 Å². The van der Waals surface area contributed by atoms with E-state index in [0.717, 1.165) is 22.6 Å². The van der Waals surface area contributed by atoms with Crippen molar-refractivity contribution in [2.75, 3.05) is 0 Å². The van der Waals surface area contributed by atoms with Crippen molar-refractivity contribution in [1.82, 2.24) is 5.32 Å². The Morgan fingerprint density at radius 1 is 1.22 bits per heavy atom. The van der Waals surface area contributed by atoms with Crippen LogP contribution in [0.3, 0.4) is 0 Å². The van der Waals surface area contributed by atoms with E-state index in [-0.39, 0.29) is 5.91 Å². The standard InChI is InChI=1S/C15H15NO2/c1-11(18)16-14(10-17)9-13-7-4-6-12-5-2-3-8-15(12)13/h2-8,10,14H,9H2,1H3,(H,16,18)/t14-/m1/s1. The van der Waals surface area contributed by atoms with Gasteiger partial charge in [-0.15, -0.1) is 0 Å². The molecule has 0 saturated heterocycles. The summed E-state index contributed by atoms with van der Waals surface area (Å²) in [4.78, 5) is 22.0. The van der Waals surface area contributed by atoms with Crippen molar-refractivity contribution in [3.63, 3.8) is 0 Å². The van der Waals surface area contributed by atoms with Gasteiger partial charge in [-0.05, 0) is 16.3 Å². The second-order valence-corrected chi connectivity index (χ2v) is 4.29. The molecular formula is C15H15NO2. The van der Waals surface area contributed by atoms with E-state index in [0.29, 0.717) is 6.42 Å². The molecule has 0 unspecified atom stereocenters. The molecule has 0 aromatic heterocycles. The maximum atomic E-state index is 11.0. The highest BCUT2D eigenvalue weighted by Crippen LogP contribution is 2.19. The Morgan fingerprint density at radius 3 is 2.67 bits per heavy atom. The third-order valence-electron chi connectivity index (χ3n) is 2.87. The summed E-state index contributed by atoms with van der Waals surface area (Å²) >= 11 is 0. The summed E-state index contributed by atoms with van der Waals surface area (Å²) in [6, 6.07) is 13.5. The molecule has 1 amide bonds. The first kappa shape index (κ1) is 12.3. The number of nitrogens with one attached hydrogen (secondary N) is 1. The smallest absolute Gasteiger partial charge is 0.217 e. The summed E-state index contributed by atoms with van der Waals surface area (Å²) in [6.07, 6.45) is 1.30. The number of amides is 1. The molecule has 0 aliphatic carbocycles. The summed E-state index contributed by atoms with van der Waals surface area (Å²) in [5.41, 5.74) is 1.07. The first-order chi connectivity index (χ1) is 8.70. The number of carbonyl (C=O) groups excluding carboxylic acids is 2. The number of rotatable bonds is 4. The molecule has 0 radical (unpaired) electrons. The van der Waals surface area contributed by atoms with Crippen LogP contribution in [0.25, 0.3) is 10.8 Å². The molecule has 2 rings (SSSR count). The Morgan fingerprint density at radius 2 is 1.94 bits per heavy atom. The van der Waals surface area contributed by atoms with Crippen molar-refractivity contribution in [2.45, 2.75) is 19.4 Å². The van der Waals surface area contributed by atoms with Crippen LogP contribution in [0.2, 0.25) is 0 Å². The maximum absolute atomic E-state index is 11.0. The maximum Gasteiger partial charge on any atom is 0.217 e. The number of benzene rings is 2. The number of hydrogen-bond acceptors (Lipinski definition) is 2. The molecule has 0 saturated carbocycles. The molecule has 0 spiro atoms. The van der Waals surface area contributed by atoms with Crippen LogP contribution in [0.1, 0.15) is 12.5 Å². The molecule has 1 atom stereocenters. The topological polar surface area (TPSA) is 46.2 Å². The third kappa shape index (κ3) is 2.74. The fourth-order valence-corrected chi connectivity index (χ4v) is 2.10. The van der Waals surface area contributed by atoms with Gasteiger partial charge in [0.25, 0.3) is 0 Å². The highest BCUT2D eigenvalue weighted by Gasteiger charge is 2.11. The van der Waals surface area contributed by atoms with E-state index in [1.807, 2.05) is 42.5 Å². The van der Waals surface area contributed by atoms with Crippen LogP contribution >= 0.6 is 0 Å². The number of aldehydes is 1. The molecule has 2 aromatic rings. The number of fused-ring (bicyclic) bond motifs is 1. The minimum absolute atomic E-state index is 0.188. The molecule has 2 aromatic carbocycles. The lowest BCUT2D eigenvalue weighted by molar-refractivity contribution is -0.122. The zero-order chi connectivity index (χ0) is 13.0. The average Bonchev–Trinajstić information content (AvgIpc) is 2.38. The lowest BCUT2D eigenvalue weighted by Crippen LogP contribution is -2.36. The molecule has 1 N–H and O–H groups in total. The van der Waals surface area contributed by atoms with Crippen LogP contribution in [-0.4, -0.2) is 18.2 Å². The summed E-state index contributed by atoms with van der Waals surface area (Å²) in [5.74, 6) is -0.188. The van der Waals surface area contributed by atoms with Gasteiger partial charge >= 0.3 is 0 Å². The molecule has 3 heteroatoms. The van der Waals surface area contributed by atoms with Gasteiger partial charge in [0.15, 0.2) is 0 Å². The van der Waals surface area contributed by atoms with E-state index >= 15 is 0 Å². The van der Waals surface area contributed by atoms with Crippen molar-refractivity contribution >= 4 is 23.0 Å². The van der Waals surface area contributed by atoms with E-state index in [9.17, 15) is 9.59 Å². The second kappa shape index (κ2) is 5.45. The molecule has 0 aliphatic rings. The van der Waals surface area contributed by atoms with Gasteiger partial charge in [-0.3, -0.25) is 4.79 Å². The fourth-order valence-electron chi connectivity index (χ4n) is 2.10. The highest BCUT2D eigenvalue weighted by atomic mass is 16.2. The zero-order valence-electron chi connectivity index (χ0n) is 10.2. The van der Waals surface area contributed by atoms with Gasteiger partial charge in [-0.2, -0.15) is 0 Å². The van der Waals surface area contributed by atoms with Gasteiger partial charge in [-0.25, -0.2) is 0 Å². The summed E-state index contributed by atoms with van der Waals surface area (Å²) in [6.45, 7) is 1.42. The third-order valence-corrected chi connectivity index (χ3v) is 2.87. The van der Waals surface area contributed by atoms with Crippen molar-refractivity contribution in [3.05, 3.63) is 48.0 Å². The molecule has 0 aliphatic heterocycles. The molecule has 92 valence electrons. The largest absolute Gasteiger partial charge is 0.346 e. The minimum atomic E-state index is -0.465. The quantitative estimate of drug-likeness (QED) is 0.833. The van der Waals surface area contributed by atoms with Crippen LogP contribution < -0.4 is 5.32 Å². The first-order valence-corrected chi connectivity index (χ1v) is 5.90. The van der Waals surface area contributed by atoms with Crippen LogP contribution in [0.15, 0.2) is 42.5 Å². The summed E-state index contributed by atoms with van der Waals surface area (Å²) in [7, 11) is 0. The molecule has 0 fully saturated rings. The predicted octanol–water partition coefficient (Wildman–Crippen LogP) is 2.09. The average molecular weight is 241 g/mol. The van der Waals surface area contributed by atoms with Gasteiger partial charge in [0, 0.05) is 13.3 Å². The van der Waals surface area contributed by atoms with Crippen LogP contribution in [0, 0.1) is 0 Å². The van der Waals surface area contributed by atoms with Gasteiger partial charge in [0.05, 0.1) is 6.04 Å². The monoisotopic (exact) mass is 241 g/mol. The Labute approximate surface area is 106 Å². The van der Waals surface area contributed by atoms with Crippen molar-refractivity contribution in [1.29, 1.82) is 0 Å². The zero-order valence-corrected chi connectivity index (χ0v) is 10.2. The molecule has 18 heavy (non-hydrogen) atoms. The van der Waals surface area contributed by atoms with Gasteiger partial charge < -0.3 is 10.1 Å². The first-order valence-electron chi connectivity index (χ1n) is 5.90. The molecular weight excluding hydrogens is 226 g/mol. The predicted molar refractivity (Wildman–Crippen MR) is 71.3 cm³/mol. The van der Waals surface area contributed by atoms with E-state index in [4.69, 9.17) is 0 Å². The Hall–Kier alpha value is -2.16.